The number of carbonyl (C=O) groups is 1. The van der Waals surface area contributed by atoms with Gasteiger partial charge in [0.25, 0.3) is 5.91 Å². The molecule has 4 aromatic heterocycles. The molecule has 40 heavy (non-hydrogen) atoms. The first-order valence-electron chi connectivity index (χ1n) is 14.5. The van der Waals surface area contributed by atoms with Crippen molar-refractivity contribution in [2.45, 2.75) is 94.2 Å². The van der Waals surface area contributed by atoms with Crippen LogP contribution in [0.4, 0.5) is 5.82 Å². The van der Waals surface area contributed by atoms with Crippen molar-refractivity contribution in [2.24, 2.45) is 0 Å². The lowest BCUT2D eigenvalue weighted by Crippen LogP contribution is -2.46. The summed E-state index contributed by atoms with van der Waals surface area (Å²) >= 11 is 0. The molecule has 4 aliphatic rings. The van der Waals surface area contributed by atoms with Gasteiger partial charge in [0.1, 0.15) is 17.7 Å². The van der Waals surface area contributed by atoms with E-state index in [4.69, 9.17) is 15.7 Å². The van der Waals surface area contributed by atoms with E-state index in [9.17, 15) is 9.90 Å². The molecule has 2 aliphatic heterocycles. The average Bonchev–Trinajstić information content (AvgIpc) is 3.33. The summed E-state index contributed by atoms with van der Waals surface area (Å²) in [6.45, 7) is 1.85. The van der Waals surface area contributed by atoms with Crippen LogP contribution in [0.5, 0.6) is 0 Å². The minimum atomic E-state index is -0.898. The highest BCUT2D eigenvalue weighted by Gasteiger charge is 2.46. The number of carbonyl (C=O) groups excluding carboxylic acids is 1. The second-order valence-electron chi connectivity index (χ2n) is 12.3. The van der Waals surface area contributed by atoms with Gasteiger partial charge < -0.3 is 20.7 Å². The molecule has 2 saturated heterocycles. The van der Waals surface area contributed by atoms with Gasteiger partial charge in [-0.05, 0) is 82.3 Å². The van der Waals surface area contributed by atoms with Crippen LogP contribution in [0.3, 0.4) is 0 Å². The predicted octanol–water partition coefficient (Wildman–Crippen LogP) is 3.46. The Labute approximate surface area is 231 Å². The number of fused-ring (bicyclic) bond motifs is 4. The number of aromatic amines is 1. The van der Waals surface area contributed by atoms with Gasteiger partial charge in [-0.15, -0.1) is 10.2 Å². The van der Waals surface area contributed by atoms with Crippen molar-refractivity contribution in [2.75, 3.05) is 5.73 Å². The summed E-state index contributed by atoms with van der Waals surface area (Å²) in [4.78, 5) is 28.1. The third kappa shape index (κ3) is 3.59. The molecule has 0 aromatic carbocycles. The number of rotatable bonds is 4. The topological polar surface area (TPSA) is 151 Å². The molecule has 0 radical (unpaired) electrons. The zero-order valence-corrected chi connectivity index (χ0v) is 22.5. The first-order chi connectivity index (χ1) is 19.4. The van der Waals surface area contributed by atoms with Crippen molar-refractivity contribution in [3.63, 3.8) is 0 Å². The summed E-state index contributed by atoms with van der Waals surface area (Å²) in [5.74, 6) is 1.56. The normalized spacial score (nSPS) is 27.8. The molecule has 4 atom stereocenters. The second-order valence-corrected chi connectivity index (χ2v) is 12.3. The Bertz CT molecular complexity index is 1620. The number of amides is 1. The third-order valence-electron chi connectivity index (χ3n) is 9.61. The first-order valence-corrected chi connectivity index (χ1v) is 14.5. The fourth-order valence-electron chi connectivity index (χ4n) is 7.59. The molecule has 1 saturated carbocycles. The Morgan fingerprint density at radius 1 is 1.15 bits per heavy atom. The quantitative estimate of drug-likeness (QED) is 0.357. The van der Waals surface area contributed by atoms with E-state index in [-0.39, 0.29) is 23.9 Å². The average molecular weight is 540 g/mol. The molecule has 3 unspecified atom stereocenters. The molecule has 3 fully saturated rings. The van der Waals surface area contributed by atoms with Gasteiger partial charge in [0.2, 0.25) is 5.82 Å². The van der Waals surface area contributed by atoms with Crippen LogP contribution in [0.25, 0.3) is 16.8 Å². The standard InChI is InChI=1S/C29H33N9O2/c1-29(40)8-2-3-16-9-18(12-31-24(16)29)21-13-34-38-25(30)22(15-4-5-15)23(35-27(21)38)17-10-19-6-7-20(11-17)37(19)28(39)26-32-14-33-36-26/h9,12-15,17,19-20,40H,2-8,10-11,30H2,1H3,(H,32,33,36)/t17?,19-,20?,29?/m1/s1. The molecular formula is C29H33N9O2. The molecule has 1 amide bonds. The van der Waals surface area contributed by atoms with E-state index in [2.05, 4.69) is 26.3 Å². The van der Waals surface area contributed by atoms with Gasteiger partial charge in [-0.3, -0.25) is 9.78 Å². The summed E-state index contributed by atoms with van der Waals surface area (Å²) in [5, 5.41) is 23.3. The Balaban J connectivity index is 1.19. The third-order valence-corrected chi connectivity index (χ3v) is 9.61. The number of hydrogen-bond donors (Lipinski definition) is 3. The number of aromatic nitrogens is 7. The number of nitrogens with one attached hydrogen (secondary N) is 1. The summed E-state index contributed by atoms with van der Waals surface area (Å²) in [6.07, 6.45) is 13.6. The van der Waals surface area contributed by atoms with E-state index >= 15 is 0 Å². The van der Waals surface area contributed by atoms with E-state index < -0.39 is 5.60 Å². The molecule has 4 N–H and O–H groups in total. The van der Waals surface area contributed by atoms with Crippen LogP contribution in [0.2, 0.25) is 0 Å². The first kappa shape index (κ1) is 24.0. The SMILES string of the molecule is CC1(O)CCCc2cc(-c3cnn4c(N)c(C5CC5)c(C5CC6CC[C@H](C5)N6C(=O)c5nnc[nH]5)nc34)cnc21. The van der Waals surface area contributed by atoms with Crippen molar-refractivity contribution in [3.8, 4) is 11.1 Å². The summed E-state index contributed by atoms with van der Waals surface area (Å²) in [6, 6.07) is 2.43. The molecule has 2 bridgehead atoms. The van der Waals surface area contributed by atoms with Crippen LogP contribution in [0.1, 0.15) is 103 Å². The van der Waals surface area contributed by atoms with E-state index in [1.807, 2.05) is 24.2 Å². The Morgan fingerprint density at radius 2 is 1.95 bits per heavy atom. The van der Waals surface area contributed by atoms with Crippen LogP contribution >= 0.6 is 0 Å². The number of anilines is 1. The minimum absolute atomic E-state index is 0.0641. The molecule has 2 aliphatic carbocycles. The lowest BCUT2D eigenvalue weighted by atomic mass is 9.83. The van der Waals surface area contributed by atoms with Gasteiger partial charge in [0.05, 0.1) is 17.6 Å². The van der Waals surface area contributed by atoms with Crippen molar-refractivity contribution >= 4 is 17.4 Å². The monoisotopic (exact) mass is 539 g/mol. The maximum Gasteiger partial charge on any atom is 0.292 e. The molecule has 0 spiro atoms. The number of nitrogen functional groups attached to an aromatic ring is 1. The number of aliphatic hydroxyl groups is 1. The molecule has 6 heterocycles. The Hall–Kier alpha value is -3.86. The summed E-state index contributed by atoms with van der Waals surface area (Å²) in [5.41, 5.74) is 12.6. The van der Waals surface area contributed by atoms with Gasteiger partial charge >= 0.3 is 0 Å². The lowest BCUT2D eigenvalue weighted by molar-refractivity contribution is 0.0340. The summed E-state index contributed by atoms with van der Waals surface area (Å²) in [7, 11) is 0. The van der Waals surface area contributed by atoms with Crippen molar-refractivity contribution in [1.82, 2.24) is 39.7 Å². The second kappa shape index (κ2) is 8.57. The molecule has 11 heteroatoms. The smallest absolute Gasteiger partial charge is 0.292 e. The number of piperidine rings is 1. The van der Waals surface area contributed by atoms with Crippen molar-refractivity contribution in [3.05, 3.63) is 53.1 Å². The maximum atomic E-state index is 13.2. The predicted molar refractivity (Wildman–Crippen MR) is 146 cm³/mol. The highest BCUT2D eigenvalue weighted by Crippen LogP contribution is 2.50. The number of H-pyrrole nitrogens is 1. The zero-order valence-electron chi connectivity index (χ0n) is 22.5. The number of nitrogens with zero attached hydrogens (tertiary/aromatic N) is 7. The van der Waals surface area contributed by atoms with Gasteiger partial charge in [-0.25, -0.2) is 4.98 Å². The van der Waals surface area contributed by atoms with Crippen LogP contribution in [-0.2, 0) is 12.0 Å². The fraction of sp³-hybridized carbons (Fsp3) is 0.517. The number of pyridine rings is 1. The number of hydrogen-bond acceptors (Lipinski definition) is 8. The largest absolute Gasteiger partial charge is 0.384 e. The van der Waals surface area contributed by atoms with E-state index in [0.717, 1.165) is 97.1 Å². The van der Waals surface area contributed by atoms with Crippen molar-refractivity contribution < 1.29 is 9.90 Å². The van der Waals surface area contributed by atoms with Crippen molar-refractivity contribution in [1.29, 1.82) is 0 Å². The van der Waals surface area contributed by atoms with Crippen LogP contribution in [0, 0.1) is 0 Å². The van der Waals surface area contributed by atoms with Crippen LogP contribution in [-0.4, -0.2) is 62.8 Å². The Kier molecular flexibility index (Phi) is 5.14. The van der Waals surface area contributed by atoms with Gasteiger partial charge in [0.15, 0.2) is 5.65 Å². The molecular weight excluding hydrogens is 506 g/mol. The summed E-state index contributed by atoms with van der Waals surface area (Å²) < 4.78 is 1.79. The van der Waals surface area contributed by atoms with E-state index in [0.29, 0.717) is 17.6 Å². The Morgan fingerprint density at radius 3 is 2.67 bits per heavy atom. The van der Waals surface area contributed by atoms with E-state index in [1.165, 1.54) is 6.33 Å². The van der Waals surface area contributed by atoms with Gasteiger partial charge in [0, 0.05) is 40.9 Å². The molecule has 206 valence electrons. The molecule has 8 rings (SSSR count). The molecule has 11 nitrogen and oxygen atoms in total. The van der Waals surface area contributed by atoms with Gasteiger partial charge in [-0.2, -0.15) is 9.61 Å². The fourth-order valence-corrected chi connectivity index (χ4v) is 7.59. The lowest BCUT2D eigenvalue weighted by Gasteiger charge is -2.39. The highest BCUT2D eigenvalue weighted by atomic mass is 16.3. The maximum absolute atomic E-state index is 13.2. The zero-order chi connectivity index (χ0) is 27.2. The molecule has 4 aromatic rings. The van der Waals surface area contributed by atoms with Crippen LogP contribution in [0.15, 0.2) is 24.8 Å². The minimum Gasteiger partial charge on any atom is -0.384 e. The number of aryl methyl sites for hydroxylation is 1. The van der Waals surface area contributed by atoms with E-state index in [1.54, 1.807) is 4.52 Å². The number of nitrogens with two attached hydrogens (primary N) is 1. The highest BCUT2D eigenvalue weighted by molar-refractivity contribution is 5.91. The van der Waals surface area contributed by atoms with Crippen LogP contribution < -0.4 is 5.73 Å². The van der Waals surface area contributed by atoms with Gasteiger partial charge in [-0.1, -0.05) is 0 Å².